The van der Waals surface area contributed by atoms with Crippen molar-refractivity contribution >= 4 is 17.9 Å². The summed E-state index contributed by atoms with van der Waals surface area (Å²) in [5, 5.41) is 36.2. The molecule has 1 heterocycles. The normalized spacial score (nSPS) is 24.6. The molecule has 1 aliphatic heterocycles. The second kappa shape index (κ2) is 21.8. The number of hydrogen-bond acceptors (Lipinski definition) is 12. The average Bonchev–Trinajstić information content (AvgIpc) is 3.16. The van der Waals surface area contributed by atoms with Crippen molar-refractivity contribution in [1.82, 2.24) is 10.2 Å². The molecule has 0 radical (unpaired) electrons. The Labute approximate surface area is 318 Å². The number of carbonyl (C=O) groups is 2. The number of aliphatic hydroxyl groups is 3. The number of rotatable bonds is 23. The monoisotopic (exact) mass is 757 g/mol. The molecule has 4 N–H and O–H groups in total. The van der Waals surface area contributed by atoms with Crippen LogP contribution in [0.4, 0.5) is 9.59 Å². The number of oxime groups is 1. The number of ether oxygens (including phenoxy) is 5. The van der Waals surface area contributed by atoms with Crippen molar-refractivity contribution in [1.29, 1.82) is 0 Å². The molecule has 0 spiro atoms. The molecule has 54 heavy (non-hydrogen) atoms. The quantitative estimate of drug-likeness (QED) is 0.0665. The van der Waals surface area contributed by atoms with Crippen molar-refractivity contribution < 1.29 is 53.4 Å². The zero-order valence-corrected chi connectivity index (χ0v) is 31.8. The number of amides is 2. The Hall–Kier alpha value is -3.95. The number of unbranched alkanes of at least 4 members (excludes halogenated alkanes) is 2. The number of benzene rings is 1. The highest BCUT2D eigenvalue weighted by Crippen LogP contribution is 2.62. The lowest BCUT2D eigenvalue weighted by molar-refractivity contribution is -0.256. The topological polar surface area (TPSA) is 178 Å². The summed E-state index contributed by atoms with van der Waals surface area (Å²) in [5.41, 5.74) is 2.31. The molecule has 300 valence electrons. The second-order valence-corrected chi connectivity index (χ2v) is 13.6. The van der Waals surface area contributed by atoms with Crippen LogP contribution in [0.15, 0.2) is 60.3 Å². The Bertz CT molecular complexity index is 1450. The second-order valence-electron chi connectivity index (χ2n) is 13.6. The standard InChI is InChI=1S/C40H59N3O11/c1-5-8-22-51-39(48)43(17-23-50-24-20-46)35-27-33(42-49-4)31-25-28(13-9-11-18-44)30(14-10-12-19-45)36-32-26-29(53-38(47)41-7-3)15-16-34(32)54-40(35,37(31)36)52-21-6-2/h5-6,15-16,25-26,28,30,35-37,44-46H,1-2,7-14,17-24,27H2,3-4H3,(H,41,47)/t28-,30+,35-,36+,37+,40+/m0/s1. The van der Waals surface area contributed by atoms with Crippen LogP contribution in [0.5, 0.6) is 11.5 Å². The van der Waals surface area contributed by atoms with Crippen molar-refractivity contribution in [3.63, 3.8) is 0 Å². The molecule has 2 amide bonds. The number of hydrogen-bond donors (Lipinski definition) is 4. The fourth-order valence-corrected chi connectivity index (χ4v) is 8.13. The number of nitrogens with one attached hydrogen (secondary N) is 1. The first kappa shape index (κ1) is 42.8. The number of carbonyl (C=O) groups excluding carboxylic acids is 2. The average molecular weight is 758 g/mol. The van der Waals surface area contributed by atoms with E-state index in [0.717, 1.165) is 36.8 Å². The lowest BCUT2D eigenvalue weighted by Gasteiger charge is -2.59. The molecule has 4 rings (SSSR count). The zero-order valence-electron chi connectivity index (χ0n) is 31.8. The molecule has 0 bridgehead atoms. The van der Waals surface area contributed by atoms with Crippen LogP contribution in [0.3, 0.4) is 0 Å². The maximum absolute atomic E-state index is 14.1. The summed E-state index contributed by atoms with van der Waals surface area (Å²) in [7, 11) is 1.48. The molecule has 14 heteroatoms. The van der Waals surface area contributed by atoms with E-state index in [1.165, 1.54) is 7.11 Å². The molecule has 1 aromatic carbocycles. The van der Waals surface area contributed by atoms with Gasteiger partial charge in [0.05, 0.1) is 44.7 Å². The van der Waals surface area contributed by atoms with Gasteiger partial charge in [-0.1, -0.05) is 36.2 Å². The molecule has 6 atom stereocenters. The first-order chi connectivity index (χ1) is 26.3. The van der Waals surface area contributed by atoms with E-state index in [1.807, 2.05) is 13.0 Å². The molecule has 0 saturated heterocycles. The van der Waals surface area contributed by atoms with Crippen LogP contribution in [-0.2, 0) is 19.0 Å². The Morgan fingerprint density at radius 3 is 2.52 bits per heavy atom. The smallest absolute Gasteiger partial charge is 0.412 e. The van der Waals surface area contributed by atoms with Crippen molar-refractivity contribution in [3.8, 4) is 11.5 Å². The Morgan fingerprint density at radius 1 is 1.06 bits per heavy atom. The van der Waals surface area contributed by atoms with E-state index in [2.05, 4.69) is 29.7 Å². The third-order valence-electron chi connectivity index (χ3n) is 10.2. The molecule has 1 saturated carbocycles. The van der Waals surface area contributed by atoms with E-state index in [4.69, 9.17) is 28.5 Å². The van der Waals surface area contributed by atoms with Crippen molar-refractivity contribution in [3.05, 3.63) is 60.7 Å². The van der Waals surface area contributed by atoms with Crippen LogP contribution in [-0.4, -0.2) is 116 Å². The zero-order chi connectivity index (χ0) is 38.9. The van der Waals surface area contributed by atoms with Gasteiger partial charge in [0.2, 0.25) is 5.79 Å². The number of nitrogens with zero attached hydrogens (tertiary/aromatic N) is 2. The van der Waals surface area contributed by atoms with Gasteiger partial charge in [0, 0.05) is 44.2 Å². The largest absolute Gasteiger partial charge is 0.459 e. The van der Waals surface area contributed by atoms with E-state index in [-0.39, 0.29) is 77.0 Å². The molecule has 3 aliphatic rings. The third-order valence-corrected chi connectivity index (χ3v) is 10.2. The lowest BCUT2D eigenvalue weighted by atomic mass is 9.55. The molecule has 0 aromatic heterocycles. The van der Waals surface area contributed by atoms with Gasteiger partial charge in [0.1, 0.15) is 24.7 Å². The maximum Gasteiger partial charge on any atom is 0.412 e. The van der Waals surface area contributed by atoms with Crippen LogP contribution in [0.2, 0.25) is 0 Å². The van der Waals surface area contributed by atoms with E-state index in [9.17, 15) is 24.9 Å². The first-order valence-corrected chi connectivity index (χ1v) is 19.1. The summed E-state index contributed by atoms with van der Waals surface area (Å²) in [4.78, 5) is 33.7. The highest BCUT2D eigenvalue weighted by Gasteiger charge is 2.65. The molecule has 14 nitrogen and oxygen atoms in total. The fraction of sp³-hybridized carbons (Fsp3) is 0.625. The summed E-state index contributed by atoms with van der Waals surface area (Å²) < 4.78 is 31.1. The summed E-state index contributed by atoms with van der Waals surface area (Å²) in [5.74, 6) is -1.46. The summed E-state index contributed by atoms with van der Waals surface area (Å²) in [6.07, 6.45) is 9.35. The van der Waals surface area contributed by atoms with E-state index >= 15 is 0 Å². The molecule has 0 unspecified atom stereocenters. The van der Waals surface area contributed by atoms with Gasteiger partial charge in [0.15, 0.2) is 0 Å². The van der Waals surface area contributed by atoms with Crippen molar-refractivity contribution in [2.45, 2.75) is 76.0 Å². The minimum absolute atomic E-state index is 0.0125. The third kappa shape index (κ3) is 10.2. The molecule has 1 aromatic rings. The minimum Gasteiger partial charge on any atom is -0.459 e. The van der Waals surface area contributed by atoms with Gasteiger partial charge in [-0.05, 0) is 74.6 Å². The summed E-state index contributed by atoms with van der Waals surface area (Å²) in [6.45, 7) is 10.4. The maximum atomic E-state index is 14.1. The predicted octanol–water partition coefficient (Wildman–Crippen LogP) is 5.08. The van der Waals surface area contributed by atoms with Gasteiger partial charge in [-0.3, -0.25) is 4.90 Å². The number of aliphatic hydroxyl groups excluding tert-OH is 3. The molecule has 1 fully saturated rings. The van der Waals surface area contributed by atoms with Crippen molar-refractivity contribution in [2.24, 2.45) is 22.9 Å². The highest BCUT2D eigenvalue weighted by molar-refractivity contribution is 6.03. The van der Waals surface area contributed by atoms with Crippen LogP contribution in [0.25, 0.3) is 0 Å². The van der Waals surface area contributed by atoms with E-state index in [0.29, 0.717) is 43.0 Å². The van der Waals surface area contributed by atoms with Gasteiger partial charge in [0.25, 0.3) is 0 Å². The fourth-order valence-electron chi connectivity index (χ4n) is 8.13. The SMILES string of the molecule is C=CCCOC(=O)N(CCOCCO)[C@H]1CC(=NOC)C2=C[C@H](CCCCO)[C@@H](CCCCO)[C@@H]3c4cc(OC(=O)NCC)ccc4O[C@@]1(OCC=C)[C@H]23. The van der Waals surface area contributed by atoms with E-state index < -0.39 is 29.9 Å². The number of allylic oxidation sites excluding steroid dienone is 1. The lowest BCUT2D eigenvalue weighted by Crippen LogP contribution is -2.70. The van der Waals surface area contributed by atoms with Gasteiger partial charge in [-0.15, -0.1) is 13.2 Å². The number of fused-ring (bicyclic) bond motifs is 2. The van der Waals surface area contributed by atoms with E-state index in [1.54, 1.807) is 29.2 Å². The molecular formula is C40H59N3O11. The molecular weight excluding hydrogens is 698 g/mol. The Balaban J connectivity index is 2.00. The van der Waals surface area contributed by atoms with Gasteiger partial charge < -0.3 is 49.2 Å². The highest BCUT2D eigenvalue weighted by atomic mass is 16.7. The summed E-state index contributed by atoms with van der Waals surface area (Å²) in [6, 6.07) is 4.48. The minimum atomic E-state index is -1.49. The predicted molar refractivity (Wildman–Crippen MR) is 202 cm³/mol. The van der Waals surface area contributed by atoms with Gasteiger partial charge in [-0.2, -0.15) is 0 Å². The Kier molecular flexibility index (Phi) is 17.3. The van der Waals surface area contributed by atoms with Crippen molar-refractivity contribution in [2.75, 3.05) is 66.4 Å². The van der Waals surface area contributed by atoms with Crippen LogP contribution < -0.4 is 14.8 Å². The van der Waals surface area contributed by atoms with Crippen LogP contribution in [0.1, 0.15) is 69.8 Å². The Morgan fingerprint density at radius 2 is 1.83 bits per heavy atom. The van der Waals surface area contributed by atoms with Crippen LogP contribution in [0, 0.1) is 17.8 Å². The van der Waals surface area contributed by atoms with Crippen LogP contribution >= 0.6 is 0 Å². The first-order valence-electron chi connectivity index (χ1n) is 19.1. The van der Waals surface area contributed by atoms with Gasteiger partial charge in [-0.25, -0.2) is 9.59 Å². The van der Waals surface area contributed by atoms with Gasteiger partial charge >= 0.3 is 12.2 Å². The molecule has 2 aliphatic carbocycles. The summed E-state index contributed by atoms with van der Waals surface area (Å²) >= 11 is 0.